The first-order valence-corrected chi connectivity index (χ1v) is 9.39. The number of amides is 1. The molecule has 4 rings (SSSR count). The van der Waals surface area contributed by atoms with Crippen molar-refractivity contribution in [2.24, 2.45) is 0 Å². The number of rotatable bonds is 5. The van der Waals surface area contributed by atoms with E-state index in [0.717, 1.165) is 12.3 Å². The van der Waals surface area contributed by atoms with Gasteiger partial charge < -0.3 is 9.88 Å². The molecule has 0 radical (unpaired) electrons. The van der Waals surface area contributed by atoms with Crippen molar-refractivity contribution in [3.63, 3.8) is 0 Å². The molecule has 3 heterocycles. The Labute approximate surface area is 155 Å². The van der Waals surface area contributed by atoms with E-state index in [1.807, 2.05) is 42.1 Å². The number of pyridine rings is 1. The highest BCUT2D eigenvalue weighted by Gasteiger charge is 2.18. The second kappa shape index (κ2) is 7.57. The third-order valence-electron chi connectivity index (χ3n) is 4.09. The molecule has 0 fully saturated rings. The first-order valence-electron chi connectivity index (χ1n) is 8.40. The van der Waals surface area contributed by atoms with E-state index in [2.05, 4.69) is 42.5 Å². The first-order chi connectivity index (χ1) is 12.8. The van der Waals surface area contributed by atoms with Crippen molar-refractivity contribution in [2.75, 3.05) is 29.1 Å². The Balaban J connectivity index is 1.35. The number of carbonyl (C=O) groups excluding carboxylic acids is 1. The second-order valence-corrected chi connectivity index (χ2v) is 6.98. The molecule has 0 saturated heterocycles. The molecule has 0 aliphatic carbocycles. The van der Waals surface area contributed by atoms with E-state index in [1.54, 1.807) is 6.20 Å². The molecular weight excluding hydrogens is 348 g/mol. The highest BCUT2D eigenvalue weighted by Crippen LogP contribution is 2.34. The zero-order valence-electron chi connectivity index (χ0n) is 14.1. The smallest absolute Gasteiger partial charge is 0.228 e. The Morgan fingerprint density at radius 1 is 1.19 bits per heavy atom. The fraction of sp³-hybridized carbons (Fsp3) is 0.222. The summed E-state index contributed by atoms with van der Waals surface area (Å²) in [6, 6.07) is 13.8. The number of carbonyl (C=O) groups is 1. The maximum Gasteiger partial charge on any atom is 0.228 e. The minimum absolute atomic E-state index is 0.0931. The number of aromatic amines is 1. The van der Waals surface area contributed by atoms with Crippen LogP contribution >= 0.6 is 11.8 Å². The monoisotopic (exact) mass is 366 g/mol. The summed E-state index contributed by atoms with van der Waals surface area (Å²) in [4.78, 5) is 23.0. The van der Waals surface area contributed by atoms with Crippen LogP contribution in [0.5, 0.6) is 0 Å². The number of H-pyrrole nitrogens is 1. The van der Waals surface area contributed by atoms with Gasteiger partial charge in [0, 0.05) is 36.4 Å². The molecule has 0 unspecified atom stereocenters. The zero-order chi connectivity index (χ0) is 17.8. The van der Waals surface area contributed by atoms with Crippen LogP contribution < -0.4 is 10.2 Å². The number of fused-ring (bicyclic) bond motifs is 1. The molecule has 1 amide bonds. The maximum atomic E-state index is 12.3. The molecule has 2 N–H and O–H groups in total. The quantitative estimate of drug-likeness (QED) is 0.722. The molecular formula is C18H18N6OS. The van der Waals surface area contributed by atoms with Crippen LogP contribution in [-0.2, 0) is 4.79 Å². The average molecular weight is 366 g/mol. The summed E-state index contributed by atoms with van der Waals surface area (Å²) in [5, 5.41) is 10.8. The molecule has 0 atom stereocenters. The molecule has 1 aromatic carbocycles. The topological polar surface area (TPSA) is 86.8 Å². The molecule has 0 bridgehead atoms. The number of para-hydroxylation sites is 1. The van der Waals surface area contributed by atoms with Crippen LogP contribution in [0.2, 0.25) is 0 Å². The average Bonchev–Trinajstić information content (AvgIpc) is 3.15. The van der Waals surface area contributed by atoms with Gasteiger partial charge in [-0.25, -0.2) is 0 Å². The predicted octanol–water partition coefficient (Wildman–Crippen LogP) is 2.81. The van der Waals surface area contributed by atoms with E-state index in [0.29, 0.717) is 30.4 Å². The molecule has 7 nitrogen and oxygen atoms in total. The Morgan fingerprint density at radius 3 is 2.96 bits per heavy atom. The van der Waals surface area contributed by atoms with Crippen LogP contribution in [0, 0.1) is 0 Å². The van der Waals surface area contributed by atoms with E-state index in [4.69, 9.17) is 0 Å². The van der Waals surface area contributed by atoms with Gasteiger partial charge >= 0.3 is 0 Å². The van der Waals surface area contributed by atoms with Crippen molar-refractivity contribution in [3.8, 4) is 11.5 Å². The number of nitrogens with zero attached hydrogens (tertiary/aromatic N) is 4. The summed E-state index contributed by atoms with van der Waals surface area (Å²) in [5.41, 5.74) is 1.89. The van der Waals surface area contributed by atoms with Crippen LogP contribution in [0.25, 0.3) is 11.5 Å². The van der Waals surface area contributed by atoms with Gasteiger partial charge in [0.25, 0.3) is 0 Å². The maximum absolute atomic E-state index is 12.3. The summed E-state index contributed by atoms with van der Waals surface area (Å²) < 4.78 is 0. The normalized spacial score (nSPS) is 13.3. The van der Waals surface area contributed by atoms with Gasteiger partial charge in [-0.1, -0.05) is 18.2 Å². The summed E-state index contributed by atoms with van der Waals surface area (Å²) in [7, 11) is 0. The molecule has 2 aromatic heterocycles. The number of hydrogen-bond acceptors (Lipinski definition) is 6. The van der Waals surface area contributed by atoms with Crippen molar-refractivity contribution in [2.45, 2.75) is 11.3 Å². The second-order valence-electron chi connectivity index (χ2n) is 5.84. The minimum atomic E-state index is -0.0931. The summed E-state index contributed by atoms with van der Waals surface area (Å²) in [6.45, 7) is 1.62. The fourth-order valence-electron chi connectivity index (χ4n) is 2.83. The molecule has 0 saturated carbocycles. The highest BCUT2D eigenvalue weighted by atomic mass is 32.2. The third kappa shape index (κ3) is 3.70. The van der Waals surface area contributed by atoms with Crippen LogP contribution in [-0.4, -0.2) is 44.9 Å². The standard InChI is InChI=1S/C18H18N6OS/c25-16(8-10-24-11-12-26-15-7-2-1-6-14(15)24)20-18-21-17(22-23-18)13-5-3-4-9-19-13/h1-7,9H,8,10-12H2,(H2,20,21,22,23,25). The van der Waals surface area contributed by atoms with E-state index in [1.165, 1.54) is 10.6 Å². The lowest BCUT2D eigenvalue weighted by Gasteiger charge is -2.30. The largest absolute Gasteiger partial charge is 0.369 e. The minimum Gasteiger partial charge on any atom is -0.369 e. The molecule has 1 aliphatic heterocycles. The highest BCUT2D eigenvalue weighted by molar-refractivity contribution is 7.99. The molecule has 26 heavy (non-hydrogen) atoms. The Hall–Kier alpha value is -2.87. The van der Waals surface area contributed by atoms with Crippen LogP contribution in [0.4, 0.5) is 11.6 Å². The Bertz CT molecular complexity index is 897. The van der Waals surface area contributed by atoms with Crippen LogP contribution in [0.1, 0.15) is 6.42 Å². The molecule has 1 aliphatic rings. The van der Waals surface area contributed by atoms with Gasteiger partial charge in [-0.2, -0.15) is 0 Å². The summed E-state index contributed by atoms with van der Waals surface area (Å²) in [6.07, 6.45) is 2.07. The van der Waals surface area contributed by atoms with E-state index in [-0.39, 0.29) is 5.91 Å². The van der Waals surface area contributed by atoms with Crippen LogP contribution in [0.15, 0.2) is 53.6 Å². The van der Waals surface area contributed by atoms with Crippen molar-refractivity contribution in [1.29, 1.82) is 0 Å². The van der Waals surface area contributed by atoms with Gasteiger partial charge in [0.15, 0.2) is 5.82 Å². The lowest BCUT2D eigenvalue weighted by atomic mass is 10.2. The first kappa shape index (κ1) is 16.6. The van der Waals surface area contributed by atoms with Crippen molar-refractivity contribution >= 4 is 29.3 Å². The number of hydrogen-bond donors (Lipinski definition) is 2. The third-order valence-corrected chi connectivity index (χ3v) is 5.13. The van der Waals surface area contributed by atoms with Gasteiger partial charge in [-0.15, -0.1) is 22.0 Å². The molecule has 132 valence electrons. The Morgan fingerprint density at radius 2 is 2.08 bits per heavy atom. The van der Waals surface area contributed by atoms with Crippen LogP contribution in [0.3, 0.4) is 0 Å². The predicted molar refractivity (Wildman–Crippen MR) is 102 cm³/mol. The Kier molecular flexibility index (Phi) is 4.83. The molecule has 3 aromatic rings. The zero-order valence-corrected chi connectivity index (χ0v) is 14.9. The van der Waals surface area contributed by atoms with E-state index in [9.17, 15) is 4.79 Å². The molecule has 0 spiro atoms. The number of nitrogens with one attached hydrogen (secondary N) is 2. The van der Waals surface area contributed by atoms with Crippen molar-refractivity contribution < 1.29 is 4.79 Å². The SMILES string of the molecule is O=C(CCN1CCSc2ccccc21)Nc1nnc(-c2ccccn2)[nH]1. The molecule has 8 heteroatoms. The number of aromatic nitrogens is 4. The van der Waals surface area contributed by atoms with Crippen molar-refractivity contribution in [3.05, 3.63) is 48.7 Å². The summed E-state index contributed by atoms with van der Waals surface area (Å²) >= 11 is 1.86. The lowest BCUT2D eigenvalue weighted by molar-refractivity contribution is -0.116. The number of benzene rings is 1. The van der Waals surface area contributed by atoms with Gasteiger partial charge in [0.1, 0.15) is 5.69 Å². The van der Waals surface area contributed by atoms with E-state index < -0.39 is 0 Å². The van der Waals surface area contributed by atoms with E-state index >= 15 is 0 Å². The fourth-order valence-corrected chi connectivity index (χ4v) is 3.88. The number of thioether (sulfide) groups is 1. The van der Waals surface area contributed by atoms with Gasteiger partial charge in [0.2, 0.25) is 11.9 Å². The van der Waals surface area contributed by atoms with Gasteiger partial charge in [-0.3, -0.25) is 15.1 Å². The van der Waals surface area contributed by atoms with Gasteiger partial charge in [0.05, 0.1) is 5.69 Å². The lowest BCUT2D eigenvalue weighted by Crippen LogP contribution is -2.32. The summed E-state index contributed by atoms with van der Waals surface area (Å²) in [5.74, 6) is 1.81. The van der Waals surface area contributed by atoms with Gasteiger partial charge in [-0.05, 0) is 24.3 Å². The van der Waals surface area contributed by atoms with Crippen molar-refractivity contribution in [1.82, 2.24) is 20.2 Å². The number of anilines is 2.